The van der Waals surface area contributed by atoms with Gasteiger partial charge in [-0.05, 0) is 35.4 Å². The van der Waals surface area contributed by atoms with Crippen LogP contribution >= 0.6 is 0 Å². The lowest BCUT2D eigenvalue weighted by Crippen LogP contribution is -2.15. The number of carbonyl (C=O) groups excluding carboxylic acids is 1. The Hall–Kier alpha value is -2.38. The van der Waals surface area contributed by atoms with Crippen LogP contribution in [0.3, 0.4) is 0 Å². The van der Waals surface area contributed by atoms with Gasteiger partial charge in [0.2, 0.25) is 10.0 Å². The van der Waals surface area contributed by atoms with Crippen molar-refractivity contribution in [2.45, 2.75) is 12.4 Å². The summed E-state index contributed by atoms with van der Waals surface area (Å²) in [6.45, 7) is 0.407. The monoisotopic (exact) mass is 349 g/mol. The first-order valence-electron chi connectivity index (χ1n) is 7.19. The van der Waals surface area contributed by atoms with E-state index in [2.05, 4.69) is 9.46 Å². The summed E-state index contributed by atoms with van der Waals surface area (Å²) in [6, 6.07) is 13.3. The van der Waals surface area contributed by atoms with Crippen molar-refractivity contribution in [3.63, 3.8) is 0 Å². The van der Waals surface area contributed by atoms with E-state index in [0.29, 0.717) is 23.4 Å². The van der Waals surface area contributed by atoms with Crippen molar-refractivity contribution in [3.8, 4) is 0 Å². The third-order valence-corrected chi connectivity index (χ3v) is 4.50. The van der Waals surface area contributed by atoms with Crippen LogP contribution in [-0.2, 0) is 31.9 Å². The lowest BCUT2D eigenvalue weighted by Gasteiger charge is -2.10. The van der Waals surface area contributed by atoms with E-state index in [1.54, 1.807) is 37.4 Å². The molecule has 0 amide bonds. The first-order valence-corrected chi connectivity index (χ1v) is 8.84. The average Bonchev–Trinajstić information content (AvgIpc) is 2.54. The summed E-state index contributed by atoms with van der Waals surface area (Å²) in [6.07, 6.45) is 0. The third-order valence-electron chi connectivity index (χ3n) is 3.24. The molecule has 0 unspecified atom stereocenters. The minimum Gasteiger partial charge on any atom is -0.465 e. The molecule has 0 fully saturated rings. The number of hydrogen-bond donors (Lipinski definition) is 1. The fourth-order valence-electron chi connectivity index (χ4n) is 2.18. The minimum atomic E-state index is -3.57. The third kappa shape index (κ3) is 5.07. The first kappa shape index (κ1) is 18.0. The normalized spacial score (nSPS) is 11.1. The van der Waals surface area contributed by atoms with Crippen LogP contribution in [0.5, 0.6) is 0 Å². The number of hydrogen-bond acceptors (Lipinski definition) is 5. The second kappa shape index (κ2) is 7.94. The van der Waals surface area contributed by atoms with Crippen molar-refractivity contribution in [2.75, 3.05) is 18.9 Å². The molecule has 0 atom stereocenters. The molecular formula is C17H19NO5S. The van der Waals surface area contributed by atoms with Gasteiger partial charge in [0.25, 0.3) is 0 Å². The number of anilines is 1. The summed E-state index contributed by atoms with van der Waals surface area (Å²) in [5.41, 5.74) is 2.30. The van der Waals surface area contributed by atoms with Crippen molar-refractivity contribution in [2.24, 2.45) is 0 Å². The van der Waals surface area contributed by atoms with E-state index in [0.717, 1.165) is 5.56 Å². The van der Waals surface area contributed by atoms with Gasteiger partial charge < -0.3 is 9.47 Å². The summed E-state index contributed by atoms with van der Waals surface area (Å²) in [5, 5.41) is 0. The van der Waals surface area contributed by atoms with Gasteiger partial charge in [-0.15, -0.1) is 0 Å². The smallest absolute Gasteiger partial charge is 0.337 e. The fraction of sp³-hybridized carbons (Fsp3) is 0.235. The molecule has 0 radical (unpaired) electrons. The molecule has 7 heteroatoms. The predicted molar refractivity (Wildman–Crippen MR) is 91.2 cm³/mol. The van der Waals surface area contributed by atoms with Crippen LogP contribution < -0.4 is 4.72 Å². The Morgan fingerprint density at radius 3 is 2.38 bits per heavy atom. The molecule has 1 N–H and O–H groups in total. The van der Waals surface area contributed by atoms with E-state index in [9.17, 15) is 13.2 Å². The zero-order valence-corrected chi connectivity index (χ0v) is 14.3. The molecule has 2 aromatic carbocycles. The van der Waals surface area contributed by atoms with Crippen LogP contribution in [0.1, 0.15) is 21.5 Å². The maximum Gasteiger partial charge on any atom is 0.337 e. The average molecular weight is 349 g/mol. The molecule has 0 spiro atoms. The largest absolute Gasteiger partial charge is 0.465 e. The number of ether oxygens (including phenoxy) is 2. The predicted octanol–water partition coefficient (Wildman–Crippen LogP) is 2.56. The molecule has 0 heterocycles. The van der Waals surface area contributed by atoms with Crippen molar-refractivity contribution in [3.05, 3.63) is 65.2 Å². The number of rotatable bonds is 7. The van der Waals surface area contributed by atoms with Gasteiger partial charge >= 0.3 is 5.97 Å². The zero-order chi connectivity index (χ0) is 17.6. The zero-order valence-electron chi connectivity index (χ0n) is 13.5. The molecule has 0 aliphatic rings. The van der Waals surface area contributed by atoms with Gasteiger partial charge in [0, 0.05) is 12.8 Å². The molecule has 0 saturated heterocycles. The maximum absolute atomic E-state index is 12.3. The Kier molecular flexibility index (Phi) is 5.94. The van der Waals surface area contributed by atoms with Crippen LogP contribution in [0, 0.1) is 0 Å². The highest BCUT2D eigenvalue weighted by molar-refractivity contribution is 7.91. The Bertz CT molecular complexity index is 800. The van der Waals surface area contributed by atoms with E-state index in [-0.39, 0.29) is 5.75 Å². The number of methoxy groups -OCH3 is 2. The number of carbonyl (C=O) groups is 1. The van der Waals surface area contributed by atoms with Gasteiger partial charge in [0.05, 0.1) is 25.0 Å². The SMILES string of the molecule is COCc1cccc(NS(=O)(=O)Cc2ccc(C(=O)OC)cc2)c1. The molecule has 0 aromatic heterocycles. The molecule has 0 aliphatic heterocycles. The van der Waals surface area contributed by atoms with Gasteiger partial charge in [0.1, 0.15) is 0 Å². The number of esters is 1. The van der Waals surface area contributed by atoms with Crippen LogP contribution in [0.15, 0.2) is 48.5 Å². The van der Waals surface area contributed by atoms with Crippen molar-refractivity contribution in [1.82, 2.24) is 0 Å². The molecule has 2 aromatic rings. The number of benzene rings is 2. The van der Waals surface area contributed by atoms with Gasteiger partial charge in [-0.1, -0.05) is 24.3 Å². The van der Waals surface area contributed by atoms with Crippen LogP contribution in [-0.4, -0.2) is 28.6 Å². The molecule has 0 aliphatic carbocycles. The fourth-order valence-corrected chi connectivity index (χ4v) is 3.37. The highest BCUT2D eigenvalue weighted by atomic mass is 32.2. The molecule has 0 saturated carbocycles. The maximum atomic E-state index is 12.3. The van der Waals surface area contributed by atoms with Gasteiger partial charge in [-0.25, -0.2) is 13.2 Å². The number of sulfonamides is 1. The summed E-state index contributed by atoms with van der Waals surface area (Å²) in [4.78, 5) is 11.4. The van der Waals surface area contributed by atoms with E-state index in [1.807, 2.05) is 6.07 Å². The topological polar surface area (TPSA) is 81.7 Å². The van der Waals surface area contributed by atoms with Gasteiger partial charge in [-0.3, -0.25) is 4.72 Å². The van der Waals surface area contributed by atoms with E-state index < -0.39 is 16.0 Å². The molecule has 0 bridgehead atoms. The second-order valence-corrected chi connectivity index (χ2v) is 6.91. The van der Waals surface area contributed by atoms with Crippen molar-refractivity contribution in [1.29, 1.82) is 0 Å². The highest BCUT2D eigenvalue weighted by Gasteiger charge is 2.13. The molecule has 128 valence electrons. The lowest BCUT2D eigenvalue weighted by atomic mass is 10.1. The Balaban J connectivity index is 2.08. The molecule has 2 rings (SSSR count). The van der Waals surface area contributed by atoms with Crippen LogP contribution in [0.4, 0.5) is 5.69 Å². The Morgan fingerprint density at radius 1 is 1.04 bits per heavy atom. The van der Waals surface area contributed by atoms with Crippen molar-refractivity contribution < 1.29 is 22.7 Å². The quantitative estimate of drug-likeness (QED) is 0.777. The Morgan fingerprint density at radius 2 is 1.75 bits per heavy atom. The van der Waals surface area contributed by atoms with E-state index >= 15 is 0 Å². The van der Waals surface area contributed by atoms with E-state index in [4.69, 9.17) is 4.74 Å². The van der Waals surface area contributed by atoms with Gasteiger partial charge in [-0.2, -0.15) is 0 Å². The lowest BCUT2D eigenvalue weighted by molar-refractivity contribution is 0.0600. The molecular weight excluding hydrogens is 330 g/mol. The summed E-state index contributed by atoms with van der Waals surface area (Å²) >= 11 is 0. The summed E-state index contributed by atoms with van der Waals surface area (Å²) in [7, 11) is -0.693. The van der Waals surface area contributed by atoms with Crippen LogP contribution in [0.25, 0.3) is 0 Å². The van der Waals surface area contributed by atoms with Crippen molar-refractivity contribution >= 4 is 21.7 Å². The molecule has 24 heavy (non-hydrogen) atoms. The van der Waals surface area contributed by atoms with Crippen LogP contribution in [0.2, 0.25) is 0 Å². The second-order valence-electron chi connectivity index (χ2n) is 5.18. The summed E-state index contributed by atoms with van der Waals surface area (Å²) < 4.78 is 36.7. The summed E-state index contributed by atoms with van der Waals surface area (Å²) in [5.74, 6) is -0.652. The first-order chi connectivity index (χ1) is 11.4. The van der Waals surface area contributed by atoms with Gasteiger partial charge in [0.15, 0.2) is 0 Å². The van der Waals surface area contributed by atoms with E-state index in [1.165, 1.54) is 19.2 Å². The standard InChI is InChI=1S/C17H19NO5S/c1-22-11-14-4-3-5-16(10-14)18-24(20,21)12-13-6-8-15(9-7-13)17(19)23-2/h3-10,18H,11-12H2,1-2H3. The Labute approximate surface area is 141 Å². The molecule has 6 nitrogen and oxygen atoms in total. The minimum absolute atomic E-state index is 0.192. The highest BCUT2D eigenvalue weighted by Crippen LogP contribution is 2.16. The number of nitrogens with one attached hydrogen (secondary N) is 1.